The molecule has 0 saturated heterocycles. The van der Waals surface area contributed by atoms with Crippen LogP contribution < -0.4 is 4.90 Å². The van der Waals surface area contributed by atoms with Crippen LogP contribution in [0.25, 0.3) is 10.8 Å². The molecule has 2 aromatic carbocycles. The zero-order valence-electron chi connectivity index (χ0n) is 12.8. The Bertz CT molecular complexity index is 752. The molecule has 2 aromatic rings. The quantitative estimate of drug-likeness (QED) is 0.652. The smallest absolute Gasteiger partial charge is 0.127 e. The van der Waals surface area contributed by atoms with Crippen molar-refractivity contribution in [2.45, 2.75) is 32.2 Å². The van der Waals surface area contributed by atoms with Gasteiger partial charge >= 0.3 is 0 Å². The van der Waals surface area contributed by atoms with E-state index in [0.29, 0.717) is 21.3 Å². The predicted molar refractivity (Wildman–Crippen MR) is 96.2 cm³/mol. The van der Waals surface area contributed by atoms with E-state index in [1.807, 2.05) is 0 Å². The molecule has 0 amide bonds. The van der Waals surface area contributed by atoms with E-state index < -0.39 is 0 Å². The van der Waals surface area contributed by atoms with E-state index >= 15 is 0 Å². The maximum atomic E-state index is 10.5. The lowest BCUT2D eigenvalue weighted by Gasteiger charge is -2.35. The SMILES string of the molecule is CC(C)(C)N1C[C@@H](CCl)c2c1cc(O)c1c(Cl)ccc(Cl)c21. The van der Waals surface area contributed by atoms with Gasteiger partial charge in [0.2, 0.25) is 0 Å². The molecule has 5 heteroatoms. The number of hydrogen-bond donors (Lipinski definition) is 1. The molecule has 1 N–H and O–H groups in total. The monoisotopic (exact) mass is 357 g/mol. The summed E-state index contributed by atoms with van der Waals surface area (Å²) in [7, 11) is 0. The Morgan fingerprint density at radius 1 is 1.18 bits per heavy atom. The van der Waals surface area contributed by atoms with E-state index in [-0.39, 0.29) is 17.2 Å². The van der Waals surface area contributed by atoms with E-state index in [9.17, 15) is 5.11 Å². The van der Waals surface area contributed by atoms with Crippen molar-refractivity contribution in [3.63, 3.8) is 0 Å². The summed E-state index contributed by atoms with van der Waals surface area (Å²) in [6, 6.07) is 5.28. The second-order valence-corrected chi connectivity index (χ2v) is 7.86. The predicted octanol–water partition coefficient (Wildman–Crippen LogP) is 5.79. The first-order chi connectivity index (χ1) is 10.3. The number of halogens is 3. The molecule has 2 nitrogen and oxygen atoms in total. The summed E-state index contributed by atoms with van der Waals surface area (Å²) in [5.41, 5.74) is 2.01. The molecular formula is C17H18Cl3NO. The van der Waals surface area contributed by atoms with E-state index in [4.69, 9.17) is 34.8 Å². The molecule has 0 unspecified atom stereocenters. The van der Waals surface area contributed by atoms with Crippen LogP contribution in [0.15, 0.2) is 18.2 Å². The van der Waals surface area contributed by atoms with Crippen LogP contribution in [-0.4, -0.2) is 23.1 Å². The normalized spacial score (nSPS) is 18.1. The van der Waals surface area contributed by atoms with Crippen molar-refractivity contribution in [1.82, 2.24) is 0 Å². The number of phenols is 1. The minimum Gasteiger partial charge on any atom is -0.507 e. The molecule has 1 aliphatic heterocycles. The number of phenolic OH excluding ortho intramolecular Hbond substituents is 1. The Morgan fingerprint density at radius 3 is 2.32 bits per heavy atom. The topological polar surface area (TPSA) is 23.5 Å². The van der Waals surface area contributed by atoms with Gasteiger partial charge in [0.15, 0.2) is 0 Å². The van der Waals surface area contributed by atoms with Crippen molar-refractivity contribution in [2.24, 2.45) is 0 Å². The molecular weight excluding hydrogens is 341 g/mol. The van der Waals surface area contributed by atoms with Gasteiger partial charge in [0.1, 0.15) is 5.75 Å². The summed E-state index contributed by atoms with van der Waals surface area (Å²) in [5.74, 6) is 0.822. The molecule has 0 aliphatic carbocycles. The number of fused-ring (bicyclic) bond motifs is 3. The first kappa shape index (κ1) is 16.0. The van der Waals surface area contributed by atoms with Gasteiger partial charge in [-0.1, -0.05) is 23.2 Å². The van der Waals surface area contributed by atoms with Crippen LogP contribution in [0.3, 0.4) is 0 Å². The molecule has 118 valence electrons. The van der Waals surface area contributed by atoms with Crippen molar-refractivity contribution in [1.29, 1.82) is 0 Å². The van der Waals surface area contributed by atoms with Crippen LogP contribution in [0.4, 0.5) is 5.69 Å². The molecule has 0 aromatic heterocycles. The number of nitrogens with zero attached hydrogens (tertiary/aromatic N) is 1. The van der Waals surface area contributed by atoms with Crippen LogP contribution in [0.5, 0.6) is 5.75 Å². The Morgan fingerprint density at radius 2 is 1.77 bits per heavy atom. The number of rotatable bonds is 1. The molecule has 22 heavy (non-hydrogen) atoms. The van der Waals surface area contributed by atoms with Crippen molar-refractivity contribution in [3.8, 4) is 5.75 Å². The van der Waals surface area contributed by atoms with E-state index in [1.165, 1.54) is 0 Å². The van der Waals surface area contributed by atoms with Gasteiger partial charge in [-0.2, -0.15) is 0 Å². The van der Waals surface area contributed by atoms with Gasteiger partial charge in [-0.05, 0) is 38.5 Å². The highest BCUT2D eigenvalue weighted by molar-refractivity contribution is 6.41. The Kier molecular flexibility index (Phi) is 3.91. The number of alkyl halides is 1. The van der Waals surface area contributed by atoms with Crippen molar-refractivity contribution >= 4 is 51.3 Å². The Balaban J connectivity index is 2.42. The summed E-state index contributed by atoms with van der Waals surface area (Å²) in [6.07, 6.45) is 0. The van der Waals surface area contributed by atoms with Crippen molar-refractivity contribution < 1.29 is 5.11 Å². The highest BCUT2D eigenvalue weighted by Crippen LogP contribution is 2.50. The fourth-order valence-electron chi connectivity index (χ4n) is 3.28. The molecule has 1 aliphatic rings. The van der Waals surface area contributed by atoms with E-state index in [1.54, 1.807) is 18.2 Å². The van der Waals surface area contributed by atoms with Crippen LogP contribution >= 0.6 is 34.8 Å². The molecule has 0 radical (unpaired) electrons. The molecule has 1 atom stereocenters. The van der Waals surface area contributed by atoms with Gasteiger partial charge in [0.25, 0.3) is 0 Å². The minimum atomic E-state index is -0.0687. The summed E-state index contributed by atoms with van der Waals surface area (Å²) in [4.78, 5) is 2.27. The van der Waals surface area contributed by atoms with Crippen LogP contribution in [0.1, 0.15) is 32.3 Å². The van der Waals surface area contributed by atoms with Crippen LogP contribution in [0.2, 0.25) is 10.0 Å². The Hall–Kier alpha value is -0.830. The van der Waals surface area contributed by atoms with Gasteiger partial charge in [-0.3, -0.25) is 0 Å². The van der Waals surface area contributed by atoms with Gasteiger partial charge < -0.3 is 10.0 Å². The number of aromatic hydroxyl groups is 1. The average molecular weight is 359 g/mol. The third-order valence-electron chi connectivity index (χ3n) is 4.28. The number of benzene rings is 2. The number of anilines is 1. The summed E-state index contributed by atoms with van der Waals surface area (Å²) < 4.78 is 0. The lowest BCUT2D eigenvalue weighted by atomic mass is 9.95. The van der Waals surface area contributed by atoms with E-state index in [2.05, 4.69) is 25.7 Å². The fraction of sp³-hybridized carbons (Fsp3) is 0.412. The summed E-state index contributed by atoms with van der Waals surface area (Å²) in [6.45, 7) is 7.25. The van der Waals surface area contributed by atoms with Crippen molar-refractivity contribution in [3.05, 3.63) is 33.8 Å². The van der Waals surface area contributed by atoms with Crippen molar-refractivity contribution in [2.75, 3.05) is 17.3 Å². The molecule has 0 saturated carbocycles. The standard InChI is InChI=1S/C17H18Cl3NO/c1-17(2,3)21-8-9(7-18)14-12(21)6-13(22)15-10(19)4-5-11(20)16(14)15/h4-6,9,22H,7-8H2,1-3H3/t9-/m1/s1. The third-order valence-corrected chi connectivity index (χ3v) is 5.28. The maximum Gasteiger partial charge on any atom is 0.127 e. The van der Waals surface area contributed by atoms with Crippen LogP contribution in [-0.2, 0) is 0 Å². The summed E-state index contributed by atoms with van der Waals surface area (Å²) in [5, 5.41) is 13.0. The number of hydrogen-bond acceptors (Lipinski definition) is 2. The van der Waals surface area contributed by atoms with Gasteiger partial charge in [0, 0.05) is 51.4 Å². The fourth-order valence-corrected chi connectivity index (χ4v) is 4.05. The third kappa shape index (κ3) is 2.33. The lowest BCUT2D eigenvalue weighted by Crippen LogP contribution is -2.40. The second-order valence-electron chi connectivity index (χ2n) is 6.74. The first-order valence-corrected chi connectivity index (χ1v) is 8.52. The lowest BCUT2D eigenvalue weighted by molar-refractivity contribution is 0.479. The summed E-state index contributed by atoms with van der Waals surface area (Å²) >= 11 is 18.9. The minimum absolute atomic E-state index is 0.0687. The zero-order chi connectivity index (χ0) is 16.2. The largest absolute Gasteiger partial charge is 0.507 e. The van der Waals surface area contributed by atoms with Crippen LogP contribution in [0, 0.1) is 0 Å². The molecule has 0 bridgehead atoms. The Labute approximate surface area is 145 Å². The zero-order valence-corrected chi connectivity index (χ0v) is 15.0. The van der Waals surface area contributed by atoms with Gasteiger partial charge in [0.05, 0.1) is 5.02 Å². The maximum absolute atomic E-state index is 10.5. The molecule has 0 fully saturated rings. The molecule has 1 heterocycles. The molecule has 0 spiro atoms. The van der Waals surface area contributed by atoms with E-state index in [0.717, 1.165) is 23.2 Å². The molecule has 3 rings (SSSR count). The highest BCUT2D eigenvalue weighted by atomic mass is 35.5. The highest BCUT2D eigenvalue weighted by Gasteiger charge is 2.37. The first-order valence-electron chi connectivity index (χ1n) is 7.23. The van der Waals surface area contributed by atoms with Gasteiger partial charge in [-0.25, -0.2) is 0 Å². The van der Waals surface area contributed by atoms with Gasteiger partial charge in [-0.15, -0.1) is 11.6 Å². The second kappa shape index (κ2) is 5.36. The average Bonchev–Trinajstić information content (AvgIpc) is 2.80.